The minimum Gasteiger partial charge on any atom is -0.491 e. The van der Waals surface area contributed by atoms with Gasteiger partial charge in [0, 0.05) is 57.7 Å². The molecule has 4 aromatic rings. The first-order valence-corrected chi connectivity index (χ1v) is 20.8. The molecule has 0 spiro atoms. The van der Waals surface area contributed by atoms with Crippen molar-refractivity contribution in [2.45, 2.75) is 44.6 Å². The van der Waals surface area contributed by atoms with Crippen LogP contribution in [0.25, 0.3) is 11.0 Å². The third kappa shape index (κ3) is 11.3. The SMILES string of the molecule is CCc1cc(Nc2ncc(OC)c(Nc3ccc4nccnc4c3P(C)(C)=O)n2)c(OCC(F)(F)F)nc1N1CCC(N2CCN(C)CC2)CC1.O=C(O)C(F)(F)F. The fourth-order valence-corrected chi connectivity index (χ4v) is 8.02. The van der Waals surface area contributed by atoms with E-state index in [1.807, 2.05) is 6.92 Å². The fraction of sp³-hybridized carbons (Fsp3) is 0.500. The van der Waals surface area contributed by atoms with Crippen molar-refractivity contribution in [2.24, 2.45) is 0 Å². The van der Waals surface area contributed by atoms with Gasteiger partial charge in [0.25, 0.3) is 0 Å². The number of hydrogen-bond acceptors (Lipinski definition) is 14. The van der Waals surface area contributed by atoms with Gasteiger partial charge in [-0.15, -0.1) is 0 Å². The van der Waals surface area contributed by atoms with Gasteiger partial charge >= 0.3 is 18.3 Å². The summed E-state index contributed by atoms with van der Waals surface area (Å²) in [6.07, 6.45) is -2.64. The number of anilines is 5. The minimum absolute atomic E-state index is 0.0538. The Bertz CT molecular complexity index is 2110. The van der Waals surface area contributed by atoms with Crippen LogP contribution in [-0.2, 0) is 15.8 Å². The predicted molar refractivity (Wildman–Crippen MR) is 207 cm³/mol. The monoisotopic (exact) mass is 842 g/mol. The molecule has 0 amide bonds. The van der Waals surface area contributed by atoms with Crippen LogP contribution in [0, 0.1) is 0 Å². The van der Waals surface area contributed by atoms with Crippen LogP contribution < -0.4 is 30.3 Å². The maximum atomic E-state index is 13.5. The molecule has 6 rings (SSSR count). The normalized spacial score (nSPS) is 16.1. The van der Waals surface area contributed by atoms with Crippen molar-refractivity contribution in [3.8, 4) is 11.6 Å². The lowest BCUT2D eigenvalue weighted by Gasteiger charge is -2.42. The lowest BCUT2D eigenvalue weighted by molar-refractivity contribution is -0.192. The molecule has 0 radical (unpaired) electrons. The number of likely N-dealkylation sites (N-methyl/N-ethyl adjacent to an activating group) is 1. The topological polar surface area (TPSA) is 171 Å². The second-order valence-electron chi connectivity index (χ2n) is 14.0. The molecule has 5 heterocycles. The summed E-state index contributed by atoms with van der Waals surface area (Å²) < 4.78 is 96.4. The van der Waals surface area contributed by atoms with Crippen LogP contribution in [0.15, 0.2) is 36.8 Å². The Morgan fingerprint density at radius 1 is 0.948 bits per heavy atom. The molecule has 2 saturated heterocycles. The van der Waals surface area contributed by atoms with Gasteiger partial charge in [-0.3, -0.25) is 14.9 Å². The van der Waals surface area contributed by atoms with E-state index in [9.17, 15) is 30.9 Å². The molecule has 3 N–H and O–H groups in total. The number of nitrogens with zero attached hydrogens (tertiary/aromatic N) is 8. The Kier molecular flexibility index (Phi) is 13.9. The Balaban J connectivity index is 0.000000839. The quantitative estimate of drug-likeness (QED) is 0.120. The Morgan fingerprint density at radius 2 is 1.60 bits per heavy atom. The molecular weight excluding hydrogens is 797 g/mol. The first-order chi connectivity index (χ1) is 27.3. The first kappa shape index (κ1) is 44.1. The second kappa shape index (κ2) is 18.3. The zero-order valence-electron chi connectivity index (χ0n) is 32.5. The Hall–Kier alpha value is -5.01. The number of nitrogens with one attached hydrogen (secondary N) is 2. The molecular formula is C36H45F6N10O5P. The molecule has 15 nitrogen and oxygen atoms in total. The molecule has 0 unspecified atom stereocenters. The summed E-state index contributed by atoms with van der Waals surface area (Å²) in [5, 5.41) is 13.9. The summed E-state index contributed by atoms with van der Waals surface area (Å²) >= 11 is 0. The van der Waals surface area contributed by atoms with Gasteiger partial charge in [-0.1, -0.05) is 6.92 Å². The number of rotatable bonds is 11. The summed E-state index contributed by atoms with van der Waals surface area (Å²) in [4.78, 5) is 38.4. The van der Waals surface area contributed by atoms with Gasteiger partial charge in [0.2, 0.25) is 11.8 Å². The summed E-state index contributed by atoms with van der Waals surface area (Å²) in [7, 11) is 0.714. The van der Waals surface area contributed by atoms with Crippen LogP contribution in [0.5, 0.6) is 11.6 Å². The number of carbonyl (C=O) groups is 1. The van der Waals surface area contributed by atoms with Gasteiger partial charge in [-0.25, -0.2) is 9.78 Å². The van der Waals surface area contributed by atoms with Crippen LogP contribution in [0.3, 0.4) is 0 Å². The number of methoxy groups -OCH3 is 1. The summed E-state index contributed by atoms with van der Waals surface area (Å²) in [5.74, 6) is -1.78. The van der Waals surface area contributed by atoms with Gasteiger partial charge in [-0.2, -0.15) is 36.3 Å². The summed E-state index contributed by atoms with van der Waals surface area (Å²) in [6.45, 7) is 9.41. The molecule has 0 aliphatic carbocycles. The van der Waals surface area contributed by atoms with Crippen LogP contribution in [0.1, 0.15) is 25.3 Å². The van der Waals surface area contributed by atoms with E-state index in [2.05, 4.69) is 57.3 Å². The van der Waals surface area contributed by atoms with Crippen molar-refractivity contribution < 1.29 is 50.3 Å². The van der Waals surface area contributed by atoms with Crippen molar-refractivity contribution in [3.05, 3.63) is 42.4 Å². The molecule has 0 saturated carbocycles. The Morgan fingerprint density at radius 3 is 2.19 bits per heavy atom. The number of ether oxygens (including phenoxy) is 2. The number of halogens is 6. The molecule has 1 aromatic carbocycles. The van der Waals surface area contributed by atoms with Crippen LogP contribution in [-0.4, -0.2) is 138 Å². The fourth-order valence-electron chi connectivity index (χ4n) is 6.63. The number of carboxylic acids is 1. The van der Waals surface area contributed by atoms with Gasteiger partial charge in [0.15, 0.2) is 18.2 Å². The molecule has 0 bridgehead atoms. The number of alkyl halides is 6. The van der Waals surface area contributed by atoms with Gasteiger partial charge < -0.3 is 39.6 Å². The van der Waals surface area contributed by atoms with Crippen molar-refractivity contribution in [1.29, 1.82) is 0 Å². The maximum Gasteiger partial charge on any atom is 0.490 e. The number of piperidine rings is 1. The number of pyridine rings is 1. The number of aryl methyl sites for hydroxylation is 1. The number of fused-ring (bicyclic) bond motifs is 1. The van der Waals surface area contributed by atoms with E-state index in [1.165, 1.54) is 19.5 Å². The lowest BCUT2D eigenvalue weighted by atomic mass is 10.0. The zero-order valence-corrected chi connectivity index (χ0v) is 33.4. The van der Waals surface area contributed by atoms with E-state index in [-0.39, 0.29) is 29.1 Å². The maximum absolute atomic E-state index is 13.5. The number of carboxylic acid groups (broad SMARTS) is 1. The number of benzene rings is 1. The van der Waals surface area contributed by atoms with E-state index in [0.717, 1.165) is 57.7 Å². The highest BCUT2D eigenvalue weighted by Gasteiger charge is 2.38. The smallest absolute Gasteiger partial charge is 0.490 e. The zero-order chi connectivity index (χ0) is 42.4. The van der Waals surface area contributed by atoms with Gasteiger partial charge in [0.1, 0.15) is 24.2 Å². The average molecular weight is 843 g/mol. The van der Waals surface area contributed by atoms with E-state index >= 15 is 0 Å². The van der Waals surface area contributed by atoms with Gasteiger partial charge in [0.05, 0.1) is 29.8 Å². The number of aliphatic carboxylic acids is 1. The lowest BCUT2D eigenvalue weighted by Crippen LogP contribution is -2.52. The van der Waals surface area contributed by atoms with Crippen LogP contribution >= 0.6 is 7.14 Å². The molecule has 0 atom stereocenters. The number of piperazine rings is 1. The highest BCUT2D eigenvalue weighted by molar-refractivity contribution is 7.71. The molecule has 3 aromatic heterocycles. The molecule has 2 aliphatic rings. The van der Waals surface area contributed by atoms with Gasteiger partial charge in [-0.05, 0) is 63.4 Å². The van der Waals surface area contributed by atoms with Crippen molar-refractivity contribution in [2.75, 3.05) is 88.9 Å². The van der Waals surface area contributed by atoms with Crippen molar-refractivity contribution in [3.63, 3.8) is 0 Å². The first-order valence-electron chi connectivity index (χ1n) is 18.2. The standard InChI is InChI=1S/C34H44F3N10O3P.C2HF3O2/c1-6-22-19-26(32(50-21-34(35,36)37)44-31(22)47-13-9-23(10-14-47)46-17-15-45(2)16-18-46)42-33-40-20-27(49-3)30(43-33)41-25-8-7-24-28(39-12-11-38-24)29(25)51(4,5)48;3-2(4,5)1(6)7/h7-8,11-12,19-20,23H,6,9-10,13-18,21H2,1-5H3,(H2,40,41,42,43);(H,6,7). The Labute approximate surface area is 330 Å². The minimum atomic E-state index is -5.08. The second-order valence-corrected chi connectivity index (χ2v) is 17.2. The van der Waals surface area contributed by atoms with E-state index in [0.29, 0.717) is 40.3 Å². The van der Waals surface area contributed by atoms with Crippen LogP contribution in [0.2, 0.25) is 0 Å². The molecule has 316 valence electrons. The van der Waals surface area contributed by atoms with E-state index in [1.54, 1.807) is 37.7 Å². The van der Waals surface area contributed by atoms with Crippen molar-refractivity contribution >= 4 is 58.4 Å². The highest BCUT2D eigenvalue weighted by Crippen LogP contribution is 2.42. The van der Waals surface area contributed by atoms with Crippen molar-refractivity contribution in [1.82, 2.24) is 34.7 Å². The average Bonchev–Trinajstić information content (AvgIpc) is 3.16. The number of hydrogen-bond donors (Lipinski definition) is 3. The third-order valence-corrected chi connectivity index (χ3v) is 11.0. The van der Waals surface area contributed by atoms with E-state index < -0.39 is 32.1 Å². The number of aromatic nitrogens is 5. The summed E-state index contributed by atoms with van der Waals surface area (Å²) in [6, 6.07) is 5.73. The predicted octanol–water partition coefficient (Wildman–Crippen LogP) is 5.91. The van der Waals surface area contributed by atoms with E-state index in [4.69, 9.17) is 19.4 Å². The third-order valence-electron chi connectivity index (χ3n) is 9.48. The highest BCUT2D eigenvalue weighted by atomic mass is 31.2. The largest absolute Gasteiger partial charge is 0.491 e. The van der Waals surface area contributed by atoms with Crippen LogP contribution in [0.4, 0.5) is 55.3 Å². The summed E-state index contributed by atoms with van der Waals surface area (Å²) in [5.41, 5.74) is 2.62. The molecule has 58 heavy (non-hydrogen) atoms. The molecule has 22 heteroatoms. The molecule has 2 fully saturated rings. The molecule has 2 aliphatic heterocycles.